The zero-order chi connectivity index (χ0) is 37.5. The number of hydrogen-bond acceptors (Lipinski definition) is 5. The van der Waals surface area contributed by atoms with E-state index in [0.717, 1.165) is 16.7 Å². The van der Waals surface area contributed by atoms with Gasteiger partial charge in [-0.05, 0) is 65.7 Å². The smallest absolute Gasteiger partial charge is 0.164 e. The van der Waals surface area contributed by atoms with Crippen LogP contribution in [0.1, 0.15) is 0 Å². The van der Waals surface area contributed by atoms with Crippen LogP contribution in [0.15, 0.2) is 182 Å². The maximum atomic E-state index is 5.05. The fourth-order valence-electron chi connectivity index (χ4n) is 8.45. The molecule has 0 atom stereocenters. The summed E-state index contributed by atoms with van der Waals surface area (Å²) in [5.41, 5.74) is 8.98. The van der Waals surface area contributed by atoms with Crippen molar-refractivity contribution in [1.82, 2.24) is 19.5 Å². The van der Waals surface area contributed by atoms with E-state index in [4.69, 9.17) is 15.0 Å². The summed E-state index contributed by atoms with van der Waals surface area (Å²) in [6.45, 7) is 0. The number of aromatic nitrogens is 4. The molecule has 4 aromatic heterocycles. The molecule has 4 heterocycles. The number of benzene rings is 8. The Balaban J connectivity index is 1.02. The lowest BCUT2D eigenvalue weighted by atomic mass is 9.97. The first-order valence-electron chi connectivity index (χ1n) is 19.0. The average molecular weight is 763 g/mol. The Kier molecular flexibility index (Phi) is 7.24. The SMILES string of the molecule is c1ccc(-c2nc(-c3ccccc3)nc(-c3ccc4sc5cccc(-c6ccc7sc8c(-n9c%10ccccc%10c%10ccccc%109)cccc8c7c6)c5c4c3)n2)cc1. The van der Waals surface area contributed by atoms with Gasteiger partial charge in [0.05, 0.1) is 21.4 Å². The summed E-state index contributed by atoms with van der Waals surface area (Å²) in [7, 11) is 0. The summed E-state index contributed by atoms with van der Waals surface area (Å²) in [5, 5.41) is 7.56. The van der Waals surface area contributed by atoms with Crippen molar-refractivity contribution in [3.05, 3.63) is 182 Å². The highest BCUT2D eigenvalue weighted by molar-refractivity contribution is 7.26. The molecule has 0 fully saturated rings. The van der Waals surface area contributed by atoms with E-state index in [-0.39, 0.29) is 0 Å². The molecule has 0 saturated heterocycles. The second-order valence-corrected chi connectivity index (χ2v) is 16.5. The van der Waals surface area contributed by atoms with Gasteiger partial charge in [0.1, 0.15) is 0 Å². The van der Waals surface area contributed by atoms with Gasteiger partial charge in [-0.1, -0.05) is 127 Å². The van der Waals surface area contributed by atoms with Gasteiger partial charge < -0.3 is 4.57 Å². The molecule has 4 nitrogen and oxygen atoms in total. The van der Waals surface area contributed by atoms with E-state index >= 15 is 0 Å². The maximum absolute atomic E-state index is 5.05. The van der Waals surface area contributed by atoms with Crippen molar-refractivity contribution >= 4 is 84.8 Å². The largest absolute Gasteiger partial charge is 0.308 e. The normalized spacial score (nSPS) is 11.9. The molecule has 0 bridgehead atoms. The fraction of sp³-hybridized carbons (Fsp3) is 0. The van der Waals surface area contributed by atoms with Crippen molar-refractivity contribution in [2.45, 2.75) is 0 Å². The van der Waals surface area contributed by atoms with Crippen molar-refractivity contribution in [2.75, 3.05) is 0 Å². The molecule has 0 aliphatic heterocycles. The number of para-hydroxylation sites is 2. The van der Waals surface area contributed by atoms with E-state index in [1.54, 1.807) is 0 Å². The van der Waals surface area contributed by atoms with Crippen LogP contribution in [0, 0.1) is 0 Å². The Morgan fingerprint density at radius 1 is 0.351 bits per heavy atom. The number of nitrogens with zero attached hydrogens (tertiary/aromatic N) is 4. The molecule has 0 radical (unpaired) electrons. The molecule has 0 unspecified atom stereocenters. The first-order chi connectivity index (χ1) is 28.2. The molecule has 0 spiro atoms. The highest BCUT2D eigenvalue weighted by Gasteiger charge is 2.19. The predicted molar refractivity (Wildman–Crippen MR) is 242 cm³/mol. The van der Waals surface area contributed by atoms with Gasteiger partial charge in [0.15, 0.2) is 17.5 Å². The van der Waals surface area contributed by atoms with E-state index in [0.29, 0.717) is 17.5 Å². The van der Waals surface area contributed by atoms with Gasteiger partial charge in [-0.3, -0.25) is 0 Å². The topological polar surface area (TPSA) is 43.6 Å². The van der Waals surface area contributed by atoms with Gasteiger partial charge in [-0.2, -0.15) is 0 Å². The molecular formula is C51H30N4S2. The van der Waals surface area contributed by atoms with Crippen LogP contribution in [-0.2, 0) is 0 Å². The standard InChI is InChI=1S/C51H30N4S2/c1-3-13-31(14-4-1)49-52-50(32-15-5-2-6-16-32)54-51(53-49)34-26-28-45-40(30-34)47-35(19-12-24-46(47)56-45)33-25-27-44-39(29-33)38-20-11-23-43(48(38)57-44)55-41-21-9-7-17-36(41)37-18-8-10-22-42(37)55/h1-30H. The number of fused-ring (bicyclic) bond motifs is 9. The molecule has 0 aliphatic rings. The second kappa shape index (κ2) is 12.8. The molecule has 6 heteroatoms. The van der Waals surface area contributed by atoms with Gasteiger partial charge in [0.25, 0.3) is 0 Å². The van der Waals surface area contributed by atoms with Gasteiger partial charge in [-0.15, -0.1) is 22.7 Å². The van der Waals surface area contributed by atoms with E-state index in [9.17, 15) is 0 Å². The van der Waals surface area contributed by atoms with Crippen LogP contribution in [0.25, 0.3) is 113 Å². The first-order valence-corrected chi connectivity index (χ1v) is 20.7. The molecule has 0 saturated carbocycles. The predicted octanol–water partition coefficient (Wildman–Crippen LogP) is 14.4. The Morgan fingerprint density at radius 2 is 0.895 bits per heavy atom. The summed E-state index contributed by atoms with van der Waals surface area (Å²) in [6, 6.07) is 64.9. The summed E-state index contributed by atoms with van der Waals surface area (Å²) in [4.78, 5) is 15.0. The van der Waals surface area contributed by atoms with Gasteiger partial charge >= 0.3 is 0 Å². The van der Waals surface area contributed by atoms with Crippen molar-refractivity contribution in [1.29, 1.82) is 0 Å². The number of rotatable bonds is 5. The quantitative estimate of drug-likeness (QED) is 0.175. The second-order valence-electron chi connectivity index (χ2n) is 14.4. The molecule has 0 amide bonds. The third-order valence-electron chi connectivity index (χ3n) is 11.1. The fourth-order valence-corrected chi connectivity index (χ4v) is 10.8. The minimum Gasteiger partial charge on any atom is -0.308 e. The lowest BCUT2D eigenvalue weighted by molar-refractivity contribution is 1.07. The summed E-state index contributed by atoms with van der Waals surface area (Å²) >= 11 is 3.71. The summed E-state index contributed by atoms with van der Waals surface area (Å²) in [6.07, 6.45) is 0. The van der Waals surface area contributed by atoms with E-state index in [1.807, 2.05) is 59.1 Å². The first kappa shape index (κ1) is 32.3. The molecule has 0 N–H and O–H groups in total. The third kappa shape index (κ3) is 5.15. The van der Waals surface area contributed by atoms with Crippen LogP contribution in [-0.4, -0.2) is 19.5 Å². The van der Waals surface area contributed by atoms with Crippen LogP contribution in [0.3, 0.4) is 0 Å². The average Bonchev–Trinajstić information content (AvgIpc) is 3.96. The minimum atomic E-state index is 0.659. The van der Waals surface area contributed by atoms with Crippen LogP contribution < -0.4 is 0 Å². The minimum absolute atomic E-state index is 0.659. The summed E-state index contributed by atoms with van der Waals surface area (Å²) in [5.74, 6) is 1.98. The van der Waals surface area contributed by atoms with Crippen molar-refractivity contribution in [3.63, 3.8) is 0 Å². The molecule has 266 valence electrons. The third-order valence-corrected chi connectivity index (χ3v) is 13.4. The van der Waals surface area contributed by atoms with Crippen LogP contribution in [0.5, 0.6) is 0 Å². The Bertz CT molecular complexity index is 3410. The Hall–Kier alpha value is -6.99. The molecule has 12 aromatic rings. The number of thiophene rings is 2. The maximum Gasteiger partial charge on any atom is 0.164 e. The molecular weight excluding hydrogens is 733 g/mol. The lowest BCUT2D eigenvalue weighted by Crippen LogP contribution is -2.00. The lowest BCUT2D eigenvalue weighted by Gasteiger charge is -2.09. The molecule has 0 aliphatic carbocycles. The van der Waals surface area contributed by atoms with Crippen molar-refractivity contribution in [2.24, 2.45) is 0 Å². The number of hydrogen-bond donors (Lipinski definition) is 0. The molecule has 57 heavy (non-hydrogen) atoms. The Labute approximate surface area is 335 Å². The molecule has 12 rings (SSSR count). The van der Waals surface area contributed by atoms with Gasteiger partial charge in [0.2, 0.25) is 0 Å². The monoisotopic (exact) mass is 762 g/mol. The van der Waals surface area contributed by atoms with Crippen LogP contribution >= 0.6 is 22.7 Å². The zero-order valence-corrected chi connectivity index (χ0v) is 32.1. The zero-order valence-electron chi connectivity index (χ0n) is 30.4. The van der Waals surface area contributed by atoms with Gasteiger partial charge in [0, 0.05) is 63.1 Å². The summed E-state index contributed by atoms with van der Waals surface area (Å²) < 4.78 is 7.51. The van der Waals surface area contributed by atoms with E-state index < -0.39 is 0 Å². The van der Waals surface area contributed by atoms with E-state index in [1.165, 1.54) is 79.0 Å². The van der Waals surface area contributed by atoms with Gasteiger partial charge in [-0.25, -0.2) is 15.0 Å². The van der Waals surface area contributed by atoms with Crippen LogP contribution in [0.4, 0.5) is 0 Å². The van der Waals surface area contributed by atoms with Crippen LogP contribution in [0.2, 0.25) is 0 Å². The highest BCUT2D eigenvalue weighted by Crippen LogP contribution is 2.45. The van der Waals surface area contributed by atoms with Crippen molar-refractivity contribution < 1.29 is 0 Å². The highest BCUT2D eigenvalue weighted by atomic mass is 32.1. The molecule has 8 aromatic carbocycles. The van der Waals surface area contributed by atoms with E-state index in [2.05, 4.69) is 150 Å². The van der Waals surface area contributed by atoms with Crippen molar-refractivity contribution in [3.8, 4) is 51.0 Å². The Morgan fingerprint density at radius 3 is 1.58 bits per heavy atom.